The molecule has 0 aromatic heterocycles. The summed E-state index contributed by atoms with van der Waals surface area (Å²) in [5, 5.41) is 22.5. The molecule has 18 heavy (non-hydrogen) atoms. The van der Waals surface area contributed by atoms with E-state index in [4.69, 9.17) is 5.11 Å². The molecule has 3 nitrogen and oxygen atoms in total. The molecule has 0 aliphatic heterocycles. The Kier molecular flexibility index (Phi) is 6.09. The monoisotopic (exact) mass is 257 g/mol. The van der Waals surface area contributed by atoms with Crippen LogP contribution in [0.1, 0.15) is 59.3 Å². The maximum absolute atomic E-state index is 9.70. The van der Waals surface area contributed by atoms with E-state index in [0.717, 1.165) is 25.8 Å². The van der Waals surface area contributed by atoms with Gasteiger partial charge < -0.3 is 15.5 Å². The maximum atomic E-state index is 9.70. The van der Waals surface area contributed by atoms with E-state index in [2.05, 4.69) is 26.1 Å². The van der Waals surface area contributed by atoms with Crippen LogP contribution in [0.5, 0.6) is 0 Å². The van der Waals surface area contributed by atoms with E-state index in [1.165, 1.54) is 19.3 Å². The summed E-state index contributed by atoms with van der Waals surface area (Å²) in [6.07, 6.45) is 6.83. The quantitative estimate of drug-likeness (QED) is 0.684. The van der Waals surface area contributed by atoms with Gasteiger partial charge in [-0.1, -0.05) is 40.0 Å². The molecule has 0 amide bonds. The maximum Gasteiger partial charge on any atom is 0.0499 e. The molecule has 0 heterocycles. The Hall–Kier alpha value is -0.120. The molecule has 0 spiro atoms. The lowest BCUT2D eigenvalue weighted by molar-refractivity contribution is 0.0694. The summed E-state index contributed by atoms with van der Waals surface area (Å²) < 4.78 is 0. The van der Waals surface area contributed by atoms with Crippen LogP contribution >= 0.6 is 0 Å². The summed E-state index contributed by atoms with van der Waals surface area (Å²) in [5.74, 6) is 0. The second kappa shape index (κ2) is 6.88. The van der Waals surface area contributed by atoms with Crippen LogP contribution < -0.4 is 5.32 Å². The van der Waals surface area contributed by atoms with E-state index in [1.807, 2.05) is 0 Å². The lowest BCUT2D eigenvalue weighted by Crippen LogP contribution is -2.48. The Labute approximate surface area is 112 Å². The normalized spacial score (nSPS) is 21.8. The molecule has 1 atom stereocenters. The molecule has 3 heteroatoms. The highest BCUT2D eigenvalue weighted by atomic mass is 16.3. The van der Waals surface area contributed by atoms with Gasteiger partial charge in [-0.25, -0.2) is 0 Å². The predicted molar refractivity (Wildman–Crippen MR) is 75.6 cm³/mol. The van der Waals surface area contributed by atoms with Crippen molar-refractivity contribution in [1.29, 1.82) is 0 Å². The first-order valence-corrected chi connectivity index (χ1v) is 7.39. The second-order valence-corrected chi connectivity index (χ2v) is 7.03. The van der Waals surface area contributed by atoms with Crippen LogP contribution in [0.4, 0.5) is 0 Å². The average molecular weight is 257 g/mol. The molecule has 108 valence electrons. The fourth-order valence-corrected chi connectivity index (χ4v) is 3.00. The topological polar surface area (TPSA) is 52.5 Å². The van der Waals surface area contributed by atoms with Crippen LogP contribution in [-0.2, 0) is 0 Å². The second-order valence-electron chi connectivity index (χ2n) is 7.03. The molecule has 0 radical (unpaired) electrons. The molecule has 1 rings (SSSR count). The SMILES string of the molecule is CC(C)(C)C(CCO)NCC1(CO)CCCCC1. The third-order valence-electron chi connectivity index (χ3n) is 4.44. The van der Waals surface area contributed by atoms with Gasteiger partial charge in [-0.3, -0.25) is 0 Å². The van der Waals surface area contributed by atoms with Crippen molar-refractivity contribution in [1.82, 2.24) is 5.32 Å². The van der Waals surface area contributed by atoms with Gasteiger partial charge >= 0.3 is 0 Å². The Morgan fingerprint density at radius 3 is 2.17 bits per heavy atom. The molecule has 1 fully saturated rings. The van der Waals surface area contributed by atoms with E-state index in [0.29, 0.717) is 6.04 Å². The lowest BCUT2D eigenvalue weighted by atomic mass is 9.74. The van der Waals surface area contributed by atoms with E-state index in [1.54, 1.807) is 0 Å². The van der Waals surface area contributed by atoms with Gasteiger partial charge in [-0.15, -0.1) is 0 Å². The predicted octanol–water partition coefficient (Wildman–Crippen LogP) is 2.32. The number of hydrogen-bond acceptors (Lipinski definition) is 3. The Bertz CT molecular complexity index is 229. The van der Waals surface area contributed by atoms with Crippen molar-refractivity contribution in [2.75, 3.05) is 19.8 Å². The summed E-state index contributed by atoms with van der Waals surface area (Å²) in [5.41, 5.74) is 0.227. The smallest absolute Gasteiger partial charge is 0.0499 e. The molecule has 0 bridgehead atoms. The molecule has 1 unspecified atom stereocenters. The van der Waals surface area contributed by atoms with Crippen LogP contribution in [-0.4, -0.2) is 36.0 Å². The molecule has 0 saturated heterocycles. The minimum Gasteiger partial charge on any atom is -0.396 e. The Balaban J connectivity index is 2.53. The number of nitrogens with one attached hydrogen (secondary N) is 1. The zero-order valence-corrected chi connectivity index (χ0v) is 12.3. The van der Waals surface area contributed by atoms with Crippen molar-refractivity contribution in [2.45, 2.75) is 65.3 Å². The lowest BCUT2D eigenvalue weighted by Gasteiger charge is -2.39. The molecule has 0 aromatic rings. The molecule has 1 aliphatic rings. The number of aliphatic hydroxyl groups is 2. The highest BCUT2D eigenvalue weighted by molar-refractivity contribution is 4.88. The average Bonchev–Trinajstić information content (AvgIpc) is 2.34. The van der Waals surface area contributed by atoms with Gasteiger partial charge in [0.05, 0.1) is 0 Å². The van der Waals surface area contributed by atoms with E-state index >= 15 is 0 Å². The fourth-order valence-electron chi connectivity index (χ4n) is 3.00. The molecule has 3 N–H and O–H groups in total. The van der Waals surface area contributed by atoms with E-state index in [9.17, 15) is 5.11 Å². The van der Waals surface area contributed by atoms with Crippen molar-refractivity contribution in [3.8, 4) is 0 Å². The van der Waals surface area contributed by atoms with Crippen LogP contribution in [0.15, 0.2) is 0 Å². The summed E-state index contributed by atoms with van der Waals surface area (Å²) in [4.78, 5) is 0. The third-order valence-corrected chi connectivity index (χ3v) is 4.44. The van der Waals surface area contributed by atoms with Crippen LogP contribution in [0, 0.1) is 10.8 Å². The molecule has 1 aliphatic carbocycles. The molecular weight excluding hydrogens is 226 g/mol. The van der Waals surface area contributed by atoms with Gasteiger partial charge in [0, 0.05) is 31.2 Å². The zero-order chi connectivity index (χ0) is 13.6. The summed E-state index contributed by atoms with van der Waals surface area (Å²) in [6, 6.07) is 0.313. The summed E-state index contributed by atoms with van der Waals surface area (Å²) >= 11 is 0. The van der Waals surface area contributed by atoms with Crippen molar-refractivity contribution in [2.24, 2.45) is 10.8 Å². The summed E-state index contributed by atoms with van der Waals surface area (Å²) in [7, 11) is 0. The standard InChI is InChI=1S/C15H31NO2/c1-14(2,3)13(7-10-17)16-11-15(12-18)8-5-4-6-9-15/h13,16-18H,4-12H2,1-3H3. The molecule has 1 saturated carbocycles. The fraction of sp³-hybridized carbons (Fsp3) is 1.00. The van der Waals surface area contributed by atoms with Gasteiger partial charge in [-0.05, 0) is 24.7 Å². The van der Waals surface area contributed by atoms with Gasteiger partial charge in [-0.2, -0.15) is 0 Å². The van der Waals surface area contributed by atoms with Crippen LogP contribution in [0.3, 0.4) is 0 Å². The zero-order valence-electron chi connectivity index (χ0n) is 12.3. The first-order valence-electron chi connectivity index (χ1n) is 7.39. The van der Waals surface area contributed by atoms with Crippen LogP contribution in [0.25, 0.3) is 0 Å². The highest BCUT2D eigenvalue weighted by Crippen LogP contribution is 2.36. The summed E-state index contributed by atoms with van der Waals surface area (Å²) in [6.45, 7) is 7.99. The van der Waals surface area contributed by atoms with E-state index < -0.39 is 0 Å². The minimum atomic E-state index is 0.0806. The number of aliphatic hydroxyl groups excluding tert-OH is 2. The largest absolute Gasteiger partial charge is 0.396 e. The number of rotatable bonds is 6. The molecular formula is C15H31NO2. The first kappa shape index (κ1) is 15.9. The van der Waals surface area contributed by atoms with Gasteiger partial charge in [0.15, 0.2) is 0 Å². The van der Waals surface area contributed by atoms with Gasteiger partial charge in [0.1, 0.15) is 0 Å². The minimum absolute atomic E-state index is 0.0806. The van der Waals surface area contributed by atoms with Crippen molar-refractivity contribution in [3.05, 3.63) is 0 Å². The third kappa shape index (κ3) is 4.52. The Morgan fingerprint density at radius 2 is 1.72 bits per heavy atom. The number of hydrogen-bond donors (Lipinski definition) is 3. The van der Waals surface area contributed by atoms with E-state index in [-0.39, 0.29) is 24.0 Å². The van der Waals surface area contributed by atoms with Crippen molar-refractivity contribution < 1.29 is 10.2 Å². The highest BCUT2D eigenvalue weighted by Gasteiger charge is 2.33. The Morgan fingerprint density at radius 1 is 1.11 bits per heavy atom. The van der Waals surface area contributed by atoms with Gasteiger partial charge in [0.2, 0.25) is 0 Å². The van der Waals surface area contributed by atoms with Gasteiger partial charge in [0.25, 0.3) is 0 Å². The van der Waals surface area contributed by atoms with Crippen molar-refractivity contribution >= 4 is 0 Å². The first-order chi connectivity index (χ1) is 8.43. The van der Waals surface area contributed by atoms with Crippen molar-refractivity contribution in [3.63, 3.8) is 0 Å². The van der Waals surface area contributed by atoms with Crippen LogP contribution in [0.2, 0.25) is 0 Å². The molecule has 0 aromatic carbocycles.